The summed E-state index contributed by atoms with van der Waals surface area (Å²) in [5.41, 5.74) is 2.70. The molecule has 0 spiro atoms. The SMILES string of the molecule is C=O.CCC(C)NC(=O)c1ccc2c(c1)nc(C)n2C(CC)CC. The van der Waals surface area contributed by atoms with Gasteiger partial charge in [0.15, 0.2) is 0 Å². The van der Waals surface area contributed by atoms with Gasteiger partial charge in [-0.1, -0.05) is 20.8 Å². The molecule has 0 bridgehead atoms. The molecule has 0 saturated carbocycles. The lowest BCUT2D eigenvalue weighted by Crippen LogP contribution is -2.31. The number of carbonyl (C=O) groups is 2. The zero-order valence-electron chi connectivity index (χ0n) is 15.4. The van der Waals surface area contributed by atoms with Crippen LogP contribution in [0, 0.1) is 6.92 Å². The molecule has 0 radical (unpaired) electrons. The van der Waals surface area contributed by atoms with Crippen LogP contribution in [0.5, 0.6) is 0 Å². The standard InChI is InChI=1S/C18H27N3O.CH2O/c1-6-12(4)19-18(22)14-9-10-17-16(11-14)20-13(5)21(17)15(7-2)8-3;1-2/h9-12,15H,6-8H2,1-5H3,(H,19,22);1H2. The van der Waals surface area contributed by atoms with Crippen molar-refractivity contribution in [3.8, 4) is 0 Å². The van der Waals surface area contributed by atoms with E-state index in [2.05, 4.69) is 35.6 Å². The Morgan fingerprint density at radius 3 is 2.38 bits per heavy atom. The maximum atomic E-state index is 12.2. The van der Waals surface area contributed by atoms with Gasteiger partial charge < -0.3 is 14.7 Å². The molecule has 24 heavy (non-hydrogen) atoms. The van der Waals surface area contributed by atoms with Crippen molar-refractivity contribution in [2.24, 2.45) is 0 Å². The summed E-state index contributed by atoms with van der Waals surface area (Å²) in [6.45, 7) is 12.5. The molecule has 2 rings (SSSR count). The summed E-state index contributed by atoms with van der Waals surface area (Å²) < 4.78 is 2.30. The Kier molecular flexibility index (Phi) is 7.62. The van der Waals surface area contributed by atoms with E-state index in [1.807, 2.05) is 38.8 Å². The molecule has 0 aliphatic rings. The Labute approximate surface area is 144 Å². The van der Waals surface area contributed by atoms with Crippen LogP contribution in [0.25, 0.3) is 11.0 Å². The van der Waals surface area contributed by atoms with Gasteiger partial charge in [0.25, 0.3) is 5.91 Å². The third-order valence-corrected chi connectivity index (χ3v) is 4.43. The minimum Gasteiger partial charge on any atom is -0.350 e. The molecule has 0 aliphatic carbocycles. The number of fused-ring (bicyclic) bond motifs is 1. The van der Waals surface area contributed by atoms with Crippen molar-refractivity contribution in [1.29, 1.82) is 0 Å². The molecule has 0 aliphatic heterocycles. The third kappa shape index (κ3) is 4.22. The van der Waals surface area contributed by atoms with Gasteiger partial charge in [0.1, 0.15) is 12.6 Å². The highest BCUT2D eigenvalue weighted by Gasteiger charge is 2.16. The first-order chi connectivity index (χ1) is 11.5. The molecule has 5 heteroatoms. The molecule has 1 N–H and O–H groups in total. The van der Waals surface area contributed by atoms with Crippen LogP contribution in [0.15, 0.2) is 18.2 Å². The fourth-order valence-electron chi connectivity index (χ4n) is 2.88. The normalized spacial score (nSPS) is 11.9. The molecule has 1 amide bonds. The van der Waals surface area contributed by atoms with Crippen molar-refractivity contribution in [3.63, 3.8) is 0 Å². The van der Waals surface area contributed by atoms with Crippen LogP contribution in [0.2, 0.25) is 0 Å². The zero-order chi connectivity index (χ0) is 18.3. The maximum absolute atomic E-state index is 12.2. The van der Waals surface area contributed by atoms with Crippen LogP contribution in [-0.4, -0.2) is 28.3 Å². The Hall–Kier alpha value is -2.17. The second-order valence-corrected chi connectivity index (χ2v) is 5.99. The van der Waals surface area contributed by atoms with Gasteiger partial charge in [-0.25, -0.2) is 4.98 Å². The molecule has 1 heterocycles. The Balaban J connectivity index is 0.00000139. The number of nitrogens with zero attached hydrogens (tertiary/aromatic N) is 2. The van der Waals surface area contributed by atoms with Gasteiger partial charge in [0, 0.05) is 17.6 Å². The highest BCUT2D eigenvalue weighted by molar-refractivity contribution is 5.97. The van der Waals surface area contributed by atoms with Crippen LogP contribution in [0.3, 0.4) is 0 Å². The molecule has 1 aromatic carbocycles. The van der Waals surface area contributed by atoms with Crippen LogP contribution in [-0.2, 0) is 4.79 Å². The molecule has 2 aromatic rings. The Morgan fingerprint density at radius 2 is 1.83 bits per heavy atom. The first-order valence-electron chi connectivity index (χ1n) is 8.60. The lowest BCUT2D eigenvalue weighted by Gasteiger charge is -2.17. The molecular formula is C19H29N3O2. The fourth-order valence-corrected chi connectivity index (χ4v) is 2.88. The lowest BCUT2D eigenvalue weighted by molar-refractivity contribution is -0.0980. The van der Waals surface area contributed by atoms with E-state index < -0.39 is 0 Å². The number of rotatable bonds is 6. The van der Waals surface area contributed by atoms with Crippen molar-refractivity contribution in [2.45, 2.75) is 66.0 Å². The largest absolute Gasteiger partial charge is 0.350 e. The first kappa shape index (κ1) is 19.9. The van der Waals surface area contributed by atoms with Crippen LogP contribution >= 0.6 is 0 Å². The fraction of sp³-hybridized carbons (Fsp3) is 0.526. The average Bonchev–Trinajstić information content (AvgIpc) is 2.93. The molecule has 0 fully saturated rings. The summed E-state index contributed by atoms with van der Waals surface area (Å²) in [6.07, 6.45) is 3.09. The molecular weight excluding hydrogens is 302 g/mol. The van der Waals surface area contributed by atoms with Gasteiger partial charge in [0.05, 0.1) is 11.0 Å². The third-order valence-electron chi connectivity index (χ3n) is 4.43. The Morgan fingerprint density at radius 1 is 1.21 bits per heavy atom. The van der Waals surface area contributed by atoms with Gasteiger partial charge in [-0.05, 0) is 51.3 Å². The van der Waals surface area contributed by atoms with Crippen LogP contribution < -0.4 is 5.32 Å². The smallest absolute Gasteiger partial charge is 0.251 e. The summed E-state index contributed by atoms with van der Waals surface area (Å²) >= 11 is 0. The van der Waals surface area contributed by atoms with Gasteiger partial charge >= 0.3 is 0 Å². The van der Waals surface area contributed by atoms with Crippen molar-refractivity contribution < 1.29 is 9.59 Å². The number of benzene rings is 1. The highest BCUT2D eigenvalue weighted by atomic mass is 16.1. The van der Waals surface area contributed by atoms with Crippen molar-refractivity contribution in [3.05, 3.63) is 29.6 Å². The number of carbonyl (C=O) groups excluding carboxylic acids is 2. The molecule has 0 saturated heterocycles. The van der Waals surface area contributed by atoms with E-state index in [9.17, 15) is 4.79 Å². The number of aryl methyl sites for hydroxylation is 1. The quantitative estimate of drug-likeness (QED) is 0.868. The summed E-state index contributed by atoms with van der Waals surface area (Å²) in [6, 6.07) is 6.48. The monoisotopic (exact) mass is 331 g/mol. The first-order valence-corrected chi connectivity index (χ1v) is 8.60. The molecule has 5 nitrogen and oxygen atoms in total. The van der Waals surface area contributed by atoms with E-state index >= 15 is 0 Å². The predicted molar refractivity (Wildman–Crippen MR) is 98.4 cm³/mol. The zero-order valence-corrected chi connectivity index (χ0v) is 15.4. The van der Waals surface area contributed by atoms with Crippen molar-refractivity contribution in [2.75, 3.05) is 0 Å². The van der Waals surface area contributed by atoms with Gasteiger partial charge in [-0.3, -0.25) is 4.79 Å². The molecule has 1 aromatic heterocycles. The summed E-state index contributed by atoms with van der Waals surface area (Å²) in [7, 11) is 0. The van der Waals surface area contributed by atoms with E-state index in [1.54, 1.807) is 0 Å². The van der Waals surface area contributed by atoms with E-state index in [0.717, 1.165) is 36.1 Å². The highest BCUT2D eigenvalue weighted by Crippen LogP contribution is 2.25. The van der Waals surface area contributed by atoms with Crippen molar-refractivity contribution in [1.82, 2.24) is 14.9 Å². The topological polar surface area (TPSA) is 64.0 Å². The van der Waals surface area contributed by atoms with Crippen LogP contribution in [0.4, 0.5) is 0 Å². The van der Waals surface area contributed by atoms with E-state index in [0.29, 0.717) is 11.6 Å². The number of amides is 1. The molecule has 132 valence electrons. The average molecular weight is 331 g/mol. The van der Waals surface area contributed by atoms with Gasteiger partial charge in [-0.2, -0.15) is 0 Å². The van der Waals surface area contributed by atoms with Gasteiger partial charge in [0.2, 0.25) is 0 Å². The summed E-state index contributed by atoms with van der Waals surface area (Å²) in [5.74, 6) is 0.995. The second kappa shape index (κ2) is 9.21. The number of imidazole rings is 1. The minimum atomic E-state index is -0.0222. The molecule has 1 unspecified atom stereocenters. The summed E-state index contributed by atoms with van der Waals surface area (Å²) in [5, 5.41) is 3.00. The second-order valence-electron chi connectivity index (χ2n) is 5.99. The lowest BCUT2D eigenvalue weighted by atomic mass is 10.1. The maximum Gasteiger partial charge on any atom is 0.251 e. The Bertz CT molecular complexity index is 675. The van der Waals surface area contributed by atoms with E-state index in [4.69, 9.17) is 4.79 Å². The van der Waals surface area contributed by atoms with Gasteiger partial charge in [-0.15, -0.1) is 0 Å². The number of hydrogen-bond donors (Lipinski definition) is 1. The number of hydrogen-bond acceptors (Lipinski definition) is 3. The van der Waals surface area contributed by atoms with Crippen LogP contribution in [0.1, 0.15) is 69.2 Å². The number of aromatic nitrogens is 2. The van der Waals surface area contributed by atoms with E-state index in [-0.39, 0.29) is 11.9 Å². The predicted octanol–water partition coefficient (Wildman–Crippen LogP) is 4.05. The summed E-state index contributed by atoms with van der Waals surface area (Å²) in [4.78, 5) is 24.9. The van der Waals surface area contributed by atoms with Crippen molar-refractivity contribution >= 4 is 23.7 Å². The minimum absolute atomic E-state index is 0.0222. The molecule has 1 atom stereocenters. The van der Waals surface area contributed by atoms with E-state index in [1.165, 1.54) is 0 Å². The number of nitrogens with one attached hydrogen (secondary N) is 1.